The molecule has 0 atom stereocenters. The van der Waals surface area contributed by atoms with Gasteiger partial charge in [-0.15, -0.1) is 0 Å². The van der Waals surface area contributed by atoms with Crippen molar-refractivity contribution in [3.8, 4) is 0 Å². The largest absolute Gasteiger partial charge is 0.435 e. The molecular formula is C14H14BrF3N2OS. The van der Waals surface area contributed by atoms with Gasteiger partial charge in [0, 0.05) is 28.6 Å². The number of alkyl halides is 3. The van der Waals surface area contributed by atoms with E-state index in [-0.39, 0.29) is 25.0 Å². The highest BCUT2D eigenvalue weighted by atomic mass is 79.9. The van der Waals surface area contributed by atoms with E-state index in [9.17, 15) is 13.2 Å². The lowest BCUT2D eigenvalue weighted by atomic mass is 10.1. The first-order chi connectivity index (χ1) is 10.3. The monoisotopic (exact) mass is 394 g/mol. The van der Waals surface area contributed by atoms with Gasteiger partial charge in [-0.25, -0.2) is 0 Å². The van der Waals surface area contributed by atoms with E-state index in [1.54, 1.807) is 0 Å². The summed E-state index contributed by atoms with van der Waals surface area (Å²) in [5.74, 6) is 0. The summed E-state index contributed by atoms with van der Waals surface area (Å²) in [5, 5.41) is 13.0. The highest BCUT2D eigenvalue weighted by molar-refractivity contribution is 9.10. The molecule has 2 aromatic rings. The molecule has 1 N–H and O–H groups in total. The van der Waals surface area contributed by atoms with E-state index in [1.165, 1.54) is 23.5 Å². The minimum absolute atomic E-state index is 0.136. The Balaban J connectivity index is 2.40. The Bertz CT molecular complexity index is 641. The van der Waals surface area contributed by atoms with Gasteiger partial charge in [0.15, 0.2) is 5.69 Å². The van der Waals surface area contributed by atoms with Crippen LogP contribution >= 0.6 is 27.7 Å². The van der Waals surface area contributed by atoms with E-state index in [4.69, 9.17) is 5.11 Å². The number of rotatable bonds is 5. The van der Waals surface area contributed by atoms with Crippen LogP contribution in [0.25, 0.3) is 0 Å². The molecule has 120 valence electrons. The quantitative estimate of drug-likeness (QED) is 0.822. The molecule has 1 aromatic carbocycles. The van der Waals surface area contributed by atoms with Gasteiger partial charge in [0.05, 0.1) is 0 Å². The third kappa shape index (κ3) is 4.05. The maximum absolute atomic E-state index is 13.1. The Morgan fingerprint density at radius 1 is 1.27 bits per heavy atom. The smallest absolute Gasteiger partial charge is 0.396 e. The highest BCUT2D eigenvalue weighted by Crippen LogP contribution is 2.39. The summed E-state index contributed by atoms with van der Waals surface area (Å²) in [6, 6.07) is 7.31. The number of aliphatic hydroxyl groups is 1. The third-order valence-corrected chi connectivity index (χ3v) is 4.71. The van der Waals surface area contributed by atoms with E-state index in [0.717, 1.165) is 9.37 Å². The Kier molecular flexibility index (Phi) is 5.57. The Morgan fingerprint density at radius 2 is 1.91 bits per heavy atom. The maximum Gasteiger partial charge on any atom is 0.435 e. The van der Waals surface area contributed by atoms with Gasteiger partial charge in [-0.1, -0.05) is 27.7 Å². The van der Waals surface area contributed by atoms with Crippen LogP contribution in [0, 0.1) is 0 Å². The van der Waals surface area contributed by atoms with E-state index in [1.807, 2.05) is 24.3 Å². The number of benzene rings is 1. The van der Waals surface area contributed by atoms with Gasteiger partial charge in [0.1, 0.15) is 5.03 Å². The zero-order valence-electron chi connectivity index (χ0n) is 11.7. The molecule has 1 aromatic heterocycles. The SMILES string of the molecule is Cn1nc(C(F)(F)F)c(CCCO)c1Sc1ccc(Br)cc1. The molecule has 0 amide bonds. The second-order valence-electron chi connectivity index (χ2n) is 4.64. The molecule has 0 fully saturated rings. The Hall–Kier alpha value is -0.990. The van der Waals surface area contributed by atoms with Crippen molar-refractivity contribution in [3.63, 3.8) is 0 Å². The number of hydrogen-bond donors (Lipinski definition) is 1. The molecule has 8 heteroatoms. The second kappa shape index (κ2) is 7.06. The Labute approximate surface area is 138 Å². The van der Waals surface area contributed by atoms with Gasteiger partial charge >= 0.3 is 6.18 Å². The summed E-state index contributed by atoms with van der Waals surface area (Å²) in [7, 11) is 1.50. The van der Waals surface area contributed by atoms with Gasteiger partial charge in [0.25, 0.3) is 0 Å². The molecule has 22 heavy (non-hydrogen) atoms. The number of hydrogen-bond acceptors (Lipinski definition) is 3. The average Bonchev–Trinajstić information content (AvgIpc) is 2.76. The lowest BCUT2D eigenvalue weighted by Gasteiger charge is -2.08. The summed E-state index contributed by atoms with van der Waals surface area (Å²) in [5.41, 5.74) is -0.736. The molecular weight excluding hydrogens is 381 g/mol. The maximum atomic E-state index is 13.1. The molecule has 0 bridgehead atoms. The number of halogens is 4. The summed E-state index contributed by atoms with van der Waals surface area (Å²) in [6.07, 6.45) is -4.10. The minimum atomic E-state index is -4.50. The van der Waals surface area contributed by atoms with Gasteiger partial charge in [-0.3, -0.25) is 4.68 Å². The number of nitrogens with zero attached hydrogens (tertiary/aromatic N) is 2. The Morgan fingerprint density at radius 3 is 2.45 bits per heavy atom. The molecule has 0 spiro atoms. The lowest BCUT2D eigenvalue weighted by molar-refractivity contribution is -0.142. The van der Waals surface area contributed by atoms with Crippen molar-refractivity contribution in [2.75, 3.05) is 6.61 Å². The first kappa shape index (κ1) is 17.4. The second-order valence-corrected chi connectivity index (χ2v) is 6.61. The summed E-state index contributed by atoms with van der Waals surface area (Å²) < 4.78 is 41.5. The van der Waals surface area contributed by atoms with Crippen LogP contribution in [0.2, 0.25) is 0 Å². The van der Waals surface area contributed by atoms with Crippen molar-refractivity contribution in [1.29, 1.82) is 0 Å². The van der Waals surface area contributed by atoms with Crippen molar-refractivity contribution in [1.82, 2.24) is 9.78 Å². The standard InChI is InChI=1S/C14H14BrF3N2OS/c1-20-13(22-10-6-4-9(15)5-7-10)11(3-2-8-21)12(19-20)14(16,17)18/h4-7,21H,2-3,8H2,1H3. The van der Waals surface area contributed by atoms with Crippen molar-refractivity contribution in [3.05, 3.63) is 40.0 Å². The number of aryl methyl sites for hydroxylation is 1. The van der Waals surface area contributed by atoms with Crippen LogP contribution in [0.1, 0.15) is 17.7 Å². The zero-order valence-corrected chi connectivity index (χ0v) is 14.1. The topological polar surface area (TPSA) is 38.0 Å². The van der Waals surface area contributed by atoms with Crippen molar-refractivity contribution < 1.29 is 18.3 Å². The van der Waals surface area contributed by atoms with Crippen LogP contribution in [-0.2, 0) is 19.6 Å². The number of aliphatic hydroxyl groups excluding tert-OH is 1. The predicted octanol–water partition coefficient (Wildman–Crippen LogP) is 4.28. The first-order valence-electron chi connectivity index (χ1n) is 6.50. The molecule has 0 unspecified atom stereocenters. The van der Waals surface area contributed by atoms with Crippen molar-refractivity contribution in [2.45, 2.75) is 28.9 Å². The van der Waals surface area contributed by atoms with Crippen LogP contribution < -0.4 is 0 Å². The van der Waals surface area contributed by atoms with Crippen molar-refractivity contribution in [2.24, 2.45) is 7.05 Å². The molecule has 2 rings (SSSR count). The molecule has 1 heterocycles. The van der Waals surface area contributed by atoms with E-state index in [0.29, 0.717) is 5.03 Å². The van der Waals surface area contributed by atoms with E-state index in [2.05, 4.69) is 21.0 Å². The molecule has 0 radical (unpaired) electrons. The summed E-state index contributed by atoms with van der Waals surface area (Å²) >= 11 is 4.56. The fourth-order valence-electron chi connectivity index (χ4n) is 2.00. The summed E-state index contributed by atoms with van der Waals surface area (Å²) in [6.45, 7) is -0.158. The first-order valence-corrected chi connectivity index (χ1v) is 8.11. The van der Waals surface area contributed by atoms with E-state index < -0.39 is 11.9 Å². The molecule has 3 nitrogen and oxygen atoms in total. The zero-order chi connectivity index (χ0) is 16.3. The molecule has 0 saturated heterocycles. The molecule has 0 saturated carbocycles. The summed E-state index contributed by atoms with van der Waals surface area (Å²) in [4.78, 5) is 0.824. The third-order valence-electron chi connectivity index (χ3n) is 2.97. The fourth-order valence-corrected chi connectivity index (χ4v) is 3.26. The van der Waals surface area contributed by atoms with Crippen LogP contribution in [0.4, 0.5) is 13.2 Å². The van der Waals surface area contributed by atoms with Gasteiger partial charge in [-0.05, 0) is 37.1 Å². The van der Waals surface area contributed by atoms with Gasteiger partial charge in [-0.2, -0.15) is 18.3 Å². The molecule has 0 aliphatic heterocycles. The highest BCUT2D eigenvalue weighted by Gasteiger charge is 2.38. The van der Waals surface area contributed by atoms with Crippen LogP contribution in [0.15, 0.2) is 38.7 Å². The average molecular weight is 395 g/mol. The molecule has 0 aliphatic rings. The lowest BCUT2D eigenvalue weighted by Crippen LogP contribution is -2.10. The van der Waals surface area contributed by atoms with Crippen LogP contribution in [0.5, 0.6) is 0 Å². The van der Waals surface area contributed by atoms with Crippen LogP contribution in [-0.4, -0.2) is 21.5 Å². The predicted molar refractivity (Wildman–Crippen MR) is 81.9 cm³/mol. The van der Waals surface area contributed by atoms with Gasteiger partial charge in [0.2, 0.25) is 0 Å². The van der Waals surface area contributed by atoms with Gasteiger partial charge < -0.3 is 5.11 Å². The minimum Gasteiger partial charge on any atom is -0.396 e. The molecule has 0 aliphatic carbocycles. The fraction of sp³-hybridized carbons (Fsp3) is 0.357. The van der Waals surface area contributed by atoms with Crippen molar-refractivity contribution >= 4 is 27.7 Å². The van der Waals surface area contributed by atoms with Crippen LogP contribution in [0.3, 0.4) is 0 Å². The number of aromatic nitrogens is 2. The van der Waals surface area contributed by atoms with E-state index >= 15 is 0 Å². The normalized spacial score (nSPS) is 11.9.